The molecule has 4 heteroatoms. The molecule has 0 amide bonds. The van der Waals surface area contributed by atoms with Gasteiger partial charge in [0, 0.05) is 12.0 Å². The van der Waals surface area contributed by atoms with Crippen LogP contribution in [0.1, 0.15) is 24.7 Å². The number of rotatable bonds is 3. The van der Waals surface area contributed by atoms with E-state index in [1.54, 1.807) is 0 Å². The van der Waals surface area contributed by atoms with E-state index in [1.165, 1.54) is 0 Å². The third-order valence-corrected chi connectivity index (χ3v) is 3.85. The van der Waals surface area contributed by atoms with E-state index >= 15 is 0 Å². The zero-order valence-corrected chi connectivity index (χ0v) is 12.7. The summed E-state index contributed by atoms with van der Waals surface area (Å²) in [5.41, 5.74) is 5.88. The molecule has 0 spiro atoms. The Morgan fingerprint density at radius 3 is 2.82 bits per heavy atom. The van der Waals surface area contributed by atoms with E-state index < -0.39 is 0 Å². The molecule has 0 aliphatic heterocycles. The van der Waals surface area contributed by atoms with Gasteiger partial charge in [-0.05, 0) is 43.2 Å². The van der Waals surface area contributed by atoms with Gasteiger partial charge >= 0.3 is 0 Å². The first kappa shape index (κ1) is 13.1. The molecule has 1 N–H and O–H groups in total. The van der Waals surface area contributed by atoms with Crippen LogP contribution in [0.4, 0.5) is 0 Å². The molecule has 22 heavy (non-hydrogen) atoms. The first-order valence-corrected chi connectivity index (χ1v) is 7.60. The summed E-state index contributed by atoms with van der Waals surface area (Å²) in [7, 11) is 0. The van der Waals surface area contributed by atoms with Crippen LogP contribution < -0.4 is 0 Å². The number of imidazole rings is 1. The van der Waals surface area contributed by atoms with Gasteiger partial charge in [-0.3, -0.25) is 0 Å². The molecule has 0 saturated carbocycles. The molecular weight excluding hydrogens is 274 g/mol. The Bertz CT molecular complexity index is 932. The predicted octanol–water partition coefficient (Wildman–Crippen LogP) is 4.63. The Labute approximate surface area is 128 Å². The fourth-order valence-electron chi connectivity index (χ4n) is 2.82. The highest BCUT2D eigenvalue weighted by molar-refractivity contribution is 5.85. The maximum absolute atomic E-state index is 5.87. The summed E-state index contributed by atoms with van der Waals surface area (Å²) in [5, 5.41) is 0. The van der Waals surface area contributed by atoms with Crippen molar-refractivity contribution in [2.24, 2.45) is 0 Å². The topological polar surface area (TPSA) is 54.7 Å². The Hall–Kier alpha value is -2.62. The number of benzene rings is 2. The molecule has 0 bridgehead atoms. The van der Waals surface area contributed by atoms with Gasteiger partial charge in [-0.15, -0.1) is 0 Å². The minimum absolute atomic E-state index is 0.651. The van der Waals surface area contributed by atoms with Gasteiger partial charge in [-0.2, -0.15) is 0 Å². The summed E-state index contributed by atoms with van der Waals surface area (Å²) in [6, 6.07) is 12.0. The van der Waals surface area contributed by atoms with Gasteiger partial charge in [0.15, 0.2) is 5.58 Å². The first-order valence-electron chi connectivity index (χ1n) is 7.60. The minimum atomic E-state index is 0.651. The van der Waals surface area contributed by atoms with Crippen molar-refractivity contribution in [1.82, 2.24) is 15.0 Å². The second-order valence-electron chi connectivity index (χ2n) is 5.61. The number of aromatic amines is 1. The fourth-order valence-corrected chi connectivity index (χ4v) is 2.82. The third-order valence-electron chi connectivity index (χ3n) is 3.85. The number of nitrogens with zero attached hydrogens (tertiary/aromatic N) is 2. The average Bonchev–Trinajstić information content (AvgIpc) is 3.11. The summed E-state index contributed by atoms with van der Waals surface area (Å²) in [4.78, 5) is 12.6. The molecule has 0 atom stereocenters. The van der Waals surface area contributed by atoms with Crippen molar-refractivity contribution >= 4 is 22.1 Å². The van der Waals surface area contributed by atoms with Gasteiger partial charge in [0.2, 0.25) is 5.89 Å². The molecule has 0 saturated heterocycles. The quantitative estimate of drug-likeness (QED) is 0.598. The maximum Gasteiger partial charge on any atom is 0.227 e. The van der Waals surface area contributed by atoms with E-state index in [-0.39, 0.29) is 0 Å². The minimum Gasteiger partial charge on any atom is -0.436 e. The molecule has 0 unspecified atom stereocenters. The lowest BCUT2D eigenvalue weighted by Gasteiger charge is -1.99. The fraction of sp³-hybridized carbons (Fsp3) is 0.222. The van der Waals surface area contributed by atoms with Gasteiger partial charge in [0.1, 0.15) is 11.3 Å². The number of H-pyrrole nitrogens is 1. The van der Waals surface area contributed by atoms with E-state index in [1.807, 2.05) is 24.3 Å². The Morgan fingerprint density at radius 2 is 2.00 bits per heavy atom. The molecular formula is C18H17N3O. The summed E-state index contributed by atoms with van der Waals surface area (Å²) >= 11 is 0. The van der Waals surface area contributed by atoms with Gasteiger partial charge in [-0.1, -0.05) is 19.1 Å². The van der Waals surface area contributed by atoms with Crippen molar-refractivity contribution in [2.75, 3.05) is 0 Å². The van der Waals surface area contributed by atoms with Crippen LogP contribution in [-0.4, -0.2) is 15.0 Å². The van der Waals surface area contributed by atoms with Crippen LogP contribution in [0.3, 0.4) is 0 Å². The largest absolute Gasteiger partial charge is 0.436 e. The van der Waals surface area contributed by atoms with Crippen LogP contribution in [-0.2, 0) is 6.42 Å². The highest BCUT2D eigenvalue weighted by atomic mass is 16.3. The van der Waals surface area contributed by atoms with Crippen LogP contribution in [0.5, 0.6) is 0 Å². The first-order chi connectivity index (χ1) is 10.7. The molecule has 4 aromatic rings. The second-order valence-corrected chi connectivity index (χ2v) is 5.61. The molecule has 110 valence electrons. The van der Waals surface area contributed by atoms with Crippen molar-refractivity contribution in [2.45, 2.75) is 26.7 Å². The van der Waals surface area contributed by atoms with Crippen molar-refractivity contribution in [3.05, 3.63) is 47.8 Å². The highest BCUT2D eigenvalue weighted by Gasteiger charge is 2.12. The molecule has 0 aliphatic rings. The smallest absolute Gasteiger partial charge is 0.227 e. The molecule has 0 fully saturated rings. The van der Waals surface area contributed by atoms with Crippen LogP contribution in [0, 0.1) is 6.92 Å². The van der Waals surface area contributed by atoms with Crippen molar-refractivity contribution in [3.8, 4) is 11.5 Å². The summed E-state index contributed by atoms with van der Waals surface area (Å²) in [6.07, 6.45) is 2.04. The van der Waals surface area contributed by atoms with E-state index in [9.17, 15) is 0 Å². The predicted molar refractivity (Wildman–Crippen MR) is 87.8 cm³/mol. The average molecular weight is 291 g/mol. The molecule has 0 radical (unpaired) electrons. The van der Waals surface area contributed by atoms with E-state index in [0.717, 1.165) is 51.9 Å². The van der Waals surface area contributed by atoms with Crippen LogP contribution in [0.2, 0.25) is 0 Å². The molecule has 0 aliphatic carbocycles. The molecule has 2 heterocycles. The Balaban J connectivity index is 1.87. The van der Waals surface area contributed by atoms with Crippen LogP contribution >= 0.6 is 0 Å². The Morgan fingerprint density at radius 1 is 1.14 bits per heavy atom. The van der Waals surface area contributed by atoms with E-state index in [0.29, 0.717) is 5.89 Å². The van der Waals surface area contributed by atoms with Gasteiger partial charge in [-0.25, -0.2) is 9.97 Å². The third kappa shape index (κ3) is 2.08. The van der Waals surface area contributed by atoms with Gasteiger partial charge in [0.25, 0.3) is 0 Å². The number of para-hydroxylation sites is 2. The van der Waals surface area contributed by atoms with E-state index in [4.69, 9.17) is 4.42 Å². The summed E-state index contributed by atoms with van der Waals surface area (Å²) in [6.45, 7) is 4.23. The monoisotopic (exact) mass is 291 g/mol. The lowest BCUT2D eigenvalue weighted by atomic mass is 10.1. The number of fused-ring (bicyclic) bond motifs is 2. The zero-order chi connectivity index (χ0) is 15.1. The zero-order valence-electron chi connectivity index (χ0n) is 12.7. The lowest BCUT2D eigenvalue weighted by molar-refractivity contribution is 0.620. The van der Waals surface area contributed by atoms with Gasteiger partial charge in [0.05, 0.1) is 11.0 Å². The molecule has 4 nitrogen and oxygen atoms in total. The van der Waals surface area contributed by atoms with Crippen molar-refractivity contribution in [3.63, 3.8) is 0 Å². The summed E-state index contributed by atoms with van der Waals surface area (Å²) in [5.74, 6) is 1.69. The van der Waals surface area contributed by atoms with Crippen molar-refractivity contribution < 1.29 is 4.42 Å². The lowest BCUT2D eigenvalue weighted by Crippen LogP contribution is -1.84. The van der Waals surface area contributed by atoms with E-state index in [2.05, 4.69) is 40.9 Å². The second kappa shape index (κ2) is 4.98. The molecule has 2 aromatic carbocycles. The van der Waals surface area contributed by atoms with Crippen LogP contribution in [0.25, 0.3) is 33.6 Å². The number of hydrogen-bond donors (Lipinski definition) is 1. The number of nitrogens with one attached hydrogen (secondary N) is 1. The highest BCUT2D eigenvalue weighted by Crippen LogP contribution is 2.28. The molecule has 4 rings (SSSR count). The van der Waals surface area contributed by atoms with Crippen molar-refractivity contribution in [1.29, 1.82) is 0 Å². The SMILES string of the molecule is CCCc1nc2c(C)cc(-c3nc4ccccc4o3)cc2[nH]1. The Kier molecular flexibility index (Phi) is 2.96. The number of aromatic nitrogens is 3. The normalized spacial score (nSPS) is 11.5. The number of oxazole rings is 1. The molecule has 2 aromatic heterocycles. The number of hydrogen-bond acceptors (Lipinski definition) is 3. The summed E-state index contributed by atoms with van der Waals surface area (Å²) < 4.78 is 5.87. The standard InChI is InChI=1S/C18H17N3O/c1-3-6-16-19-14-10-12(9-11(2)17(14)21-16)18-20-13-7-4-5-8-15(13)22-18/h4-5,7-10H,3,6H2,1-2H3,(H,19,21). The van der Waals surface area contributed by atoms with Crippen LogP contribution in [0.15, 0.2) is 40.8 Å². The van der Waals surface area contributed by atoms with Gasteiger partial charge < -0.3 is 9.40 Å². The maximum atomic E-state index is 5.87. The number of aryl methyl sites for hydroxylation is 2.